The van der Waals surface area contributed by atoms with Crippen LogP contribution >= 0.6 is 0 Å². The minimum absolute atomic E-state index is 0.150. The summed E-state index contributed by atoms with van der Waals surface area (Å²) < 4.78 is 39.5. The standard InChI is InChI=1S/C7H9F3N2O3/c1-2-14-5(13)3-4-15-12-6(11)7(8,9)10/h3-4H,2H2,1H3,(H2,11,12). The van der Waals surface area contributed by atoms with Gasteiger partial charge in [-0.2, -0.15) is 13.2 Å². The highest BCUT2D eigenvalue weighted by molar-refractivity contribution is 5.85. The first-order chi connectivity index (χ1) is 6.88. The first-order valence-corrected chi connectivity index (χ1v) is 3.77. The van der Waals surface area contributed by atoms with Crippen molar-refractivity contribution in [3.05, 3.63) is 12.3 Å². The van der Waals surface area contributed by atoms with Crippen LogP contribution in [0.15, 0.2) is 17.5 Å². The Morgan fingerprint density at radius 1 is 1.53 bits per heavy atom. The maximum Gasteiger partial charge on any atom is 0.452 e. The van der Waals surface area contributed by atoms with Gasteiger partial charge in [0.1, 0.15) is 6.26 Å². The summed E-state index contributed by atoms with van der Waals surface area (Å²) >= 11 is 0. The molecule has 15 heavy (non-hydrogen) atoms. The van der Waals surface area contributed by atoms with Gasteiger partial charge in [-0.3, -0.25) is 0 Å². The van der Waals surface area contributed by atoms with Crippen LogP contribution in [0.4, 0.5) is 13.2 Å². The Morgan fingerprint density at radius 3 is 2.60 bits per heavy atom. The molecule has 86 valence electrons. The van der Waals surface area contributed by atoms with Gasteiger partial charge in [0.05, 0.1) is 12.7 Å². The van der Waals surface area contributed by atoms with E-state index in [1.165, 1.54) is 0 Å². The maximum absolute atomic E-state index is 11.7. The van der Waals surface area contributed by atoms with E-state index in [0.717, 1.165) is 6.08 Å². The van der Waals surface area contributed by atoms with Crippen LogP contribution in [0.3, 0.4) is 0 Å². The van der Waals surface area contributed by atoms with Crippen LogP contribution in [0.1, 0.15) is 6.92 Å². The summed E-state index contributed by atoms with van der Waals surface area (Å²) in [7, 11) is 0. The van der Waals surface area contributed by atoms with E-state index in [1.54, 1.807) is 6.92 Å². The van der Waals surface area contributed by atoms with E-state index in [2.05, 4.69) is 20.5 Å². The van der Waals surface area contributed by atoms with Gasteiger partial charge >= 0.3 is 12.1 Å². The van der Waals surface area contributed by atoms with Crippen LogP contribution in [0.2, 0.25) is 0 Å². The molecule has 0 fully saturated rings. The van der Waals surface area contributed by atoms with Gasteiger partial charge in [0.2, 0.25) is 5.84 Å². The molecule has 0 aromatic heterocycles. The molecule has 0 spiro atoms. The molecule has 0 rings (SSSR count). The van der Waals surface area contributed by atoms with Crippen LogP contribution < -0.4 is 5.73 Å². The van der Waals surface area contributed by atoms with E-state index in [0.29, 0.717) is 6.26 Å². The molecule has 0 radical (unpaired) electrons. The number of carbonyl (C=O) groups excluding carboxylic acids is 1. The third-order valence-electron chi connectivity index (χ3n) is 0.993. The van der Waals surface area contributed by atoms with Crippen LogP contribution in [-0.2, 0) is 14.4 Å². The zero-order valence-corrected chi connectivity index (χ0v) is 7.75. The van der Waals surface area contributed by atoms with Crippen molar-refractivity contribution in [3.63, 3.8) is 0 Å². The van der Waals surface area contributed by atoms with Crippen molar-refractivity contribution in [2.75, 3.05) is 6.61 Å². The second kappa shape index (κ2) is 5.89. The van der Waals surface area contributed by atoms with Gasteiger partial charge < -0.3 is 15.3 Å². The van der Waals surface area contributed by atoms with Gasteiger partial charge in [-0.1, -0.05) is 5.16 Å². The SMILES string of the molecule is CCOC(=O)C=CON=C(N)C(F)(F)F. The molecular formula is C7H9F3N2O3. The number of rotatable bonds is 4. The van der Waals surface area contributed by atoms with E-state index in [1.807, 2.05) is 0 Å². The maximum atomic E-state index is 11.7. The topological polar surface area (TPSA) is 73.9 Å². The minimum atomic E-state index is -4.75. The molecule has 8 heteroatoms. The van der Waals surface area contributed by atoms with Gasteiger partial charge in [-0.15, -0.1) is 0 Å². The van der Waals surface area contributed by atoms with Crippen molar-refractivity contribution in [3.8, 4) is 0 Å². The lowest BCUT2D eigenvalue weighted by Crippen LogP contribution is -2.31. The van der Waals surface area contributed by atoms with Crippen LogP contribution in [0.5, 0.6) is 0 Å². The first-order valence-electron chi connectivity index (χ1n) is 3.77. The molecule has 0 aliphatic rings. The zero-order chi connectivity index (χ0) is 11.9. The fraction of sp³-hybridized carbons (Fsp3) is 0.429. The average Bonchev–Trinajstić information content (AvgIpc) is 2.11. The highest BCUT2D eigenvalue weighted by Crippen LogP contribution is 2.14. The second-order valence-corrected chi connectivity index (χ2v) is 2.13. The monoisotopic (exact) mass is 226 g/mol. The number of amidine groups is 1. The molecule has 0 aliphatic heterocycles. The normalized spacial score (nSPS) is 12.9. The molecular weight excluding hydrogens is 217 g/mol. The van der Waals surface area contributed by atoms with E-state index >= 15 is 0 Å². The second-order valence-electron chi connectivity index (χ2n) is 2.13. The van der Waals surface area contributed by atoms with Crippen molar-refractivity contribution in [1.29, 1.82) is 0 Å². The van der Waals surface area contributed by atoms with Crippen molar-refractivity contribution < 1.29 is 27.5 Å². The summed E-state index contributed by atoms with van der Waals surface area (Å²) in [4.78, 5) is 14.6. The van der Waals surface area contributed by atoms with Crippen LogP contribution in [0.25, 0.3) is 0 Å². The lowest BCUT2D eigenvalue weighted by Gasteiger charge is -2.02. The number of carbonyl (C=O) groups is 1. The molecule has 0 bridgehead atoms. The number of oxime groups is 1. The lowest BCUT2D eigenvalue weighted by atomic mass is 10.6. The third-order valence-corrected chi connectivity index (χ3v) is 0.993. The Balaban J connectivity index is 4.03. The Morgan fingerprint density at radius 2 is 2.13 bits per heavy atom. The number of alkyl halides is 3. The summed E-state index contributed by atoms with van der Waals surface area (Å²) in [6.45, 7) is 1.73. The molecule has 0 atom stereocenters. The van der Waals surface area contributed by atoms with Gasteiger partial charge in [0, 0.05) is 0 Å². The fourth-order valence-electron chi connectivity index (χ4n) is 0.415. The van der Waals surface area contributed by atoms with Crippen LogP contribution in [-0.4, -0.2) is 24.6 Å². The van der Waals surface area contributed by atoms with E-state index in [4.69, 9.17) is 0 Å². The number of nitrogens with two attached hydrogens (primary N) is 1. The summed E-state index contributed by atoms with van der Waals surface area (Å²) in [5.41, 5.74) is 4.48. The fourth-order valence-corrected chi connectivity index (χ4v) is 0.415. The Kier molecular flexibility index (Phi) is 5.21. The Bertz CT molecular complexity index is 273. The average molecular weight is 226 g/mol. The lowest BCUT2D eigenvalue weighted by molar-refractivity contribution is -0.137. The predicted octanol–water partition coefficient (Wildman–Crippen LogP) is 0.914. The van der Waals surface area contributed by atoms with Crippen molar-refractivity contribution in [1.82, 2.24) is 0 Å². The molecule has 0 heterocycles. The van der Waals surface area contributed by atoms with Gasteiger partial charge in [-0.05, 0) is 6.92 Å². The predicted molar refractivity (Wildman–Crippen MR) is 44.5 cm³/mol. The van der Waals surface area contributed by atoms with Crippen molar-refractivity contribution >= 4 is 11.8 Å². The molecule has 0 aromatic carbocycles. The number of hydrogen-bond acceptors (Lipinski definition) is 4. The molecule has 5 nitrogen and oxygen atoms in total. The van der Waals surface area contributed by atoms with Gasteiger partial charge in [-0.25, -0.2) is 4.79 Å². The Hall–Kier alpha value is -1.73. The summed E-state index contributed by atoms with van der Waals surface area (Å²) in [5, 5.41) is 2.50. The number of nitrogens with zero attached hydrogens (tertiary/aromatic N) is 1. The molecule has 0 amide bonds. The number of hydrogen-bond donors (Lipinski definition) is 1. The molecule has 0 unspecified atom stereocenters. The molecule has 2 N–H and O–H groups in total. The zero-order valence-electron chi connectivity index (χ0n) is 7.75. The van der Waals surface area contributed by atoms with Crippen LogP contribution in [0, 0.1) is 0 Å². The van der Waals surface area contributed by atoms with E-state index in [-0.39, 0.29) is 6.61 Å². The third kappa shape index (κ3) is 6.36. The summed E-state index contributed by atoms with van der Waals surface area (Å²) in [5.74, 6) is -2.39. The molecule has 0 aromatic rings. The van der Waals surface area contributed by atoms with Crippen molar-refractivity contribution in [2.45, 2.75) is 13.1 Å². The highest BCUT2D eigenvalue weighted by Gasteiger charge is 2.34. The molecule has 0 saturated carbocycles. The quantitative estimate of drug-likeness (QED) is 0.193. The molecule has 0 saturated heterocycles. The van der Waals surface area contributed by atoms with E-state index < -0.39 is 18.0 Å². The number of esters is 1. The highest BCUT2D eigenvalue weighted by atomic mass is 19.4. The number of ether oxygens (including phenoxy) is 1. The van der Waals surface area contributed by atoms with Gasteiger partial charge in [0.25, 0.3) is 0 Å². The van der Waals surface area contributed by atoms with E-state index in [9.17, 15) is 18.0 Å². The van der Waals surface area contributed by atoms with Crippen molar-refractivity contribution in [2.24, 2.45) is 10.9 Å². The number of halogens is 3. The molecule has 0 aliphatic carbocycles. The summed E-state index contributed by atoms with van der Waals surface area (Å²) in [6, 6.07) is 0. The smallest absolute Gasteiger partial charge is 0.452 e. The minimum Gasteiger partial charge on any atom is -0.463 e. The summed E-state index contributed by atoms with van der Waals surface area (Å²) in [6.07, 6.45) is -3.34. The Labute approximate surface area is 83.3 Å². The largest absolute Gasteiger partial charge is 0.463 e. The van der Waals surface area contributed by atoms with Gasteiger partial charge in [0.15, 0.2) is 0 Å². The first kappa shape index (κ1) is 13.3.